The summed E-state index contributed by atoms with van der Waals surface area (Å²) in [4.78, 5) is 33.3. The summed E-state index contributed by atoms with van der Waals surface area (Å²) in [6.07, 6.45) is 2.34. The topological polar surface area (TPSA) is 98.2 Å². The molecule has 1 amide bonds. The first kappa shape index (κ1) is 25.6. The molecule has 3 aromatic carbocycles. The lowest BCUT2D eigenvalue weighted by atomic mass is 9.94. The smallest absolute Gasteiger partial charge is 0.301 e. The van der Waals surface area contributed by atoms with E-state index in [0.717, 1.165) is 16.0 Å². The third kappa shape index (κ3) is 4.38. The van der Waals surface area contributed by atoms with Gasteiger partial charge < -0.3 is 19.3 Å². The Balaban J connectivity index is 1.52. The maximum atomic E-state index is 13.6. The number of aromatic nitrogens is 1. The van der Waals surface area contributed by atoms with Crippen LogP contribution in [0.1, 0.15) is 29.7 Å². The molecule has 1 N–H and O–H groups in total. The molecule has 4 aromatic rings. The van der Waals surface area contributed by atoms with Gasteiger partial charge in [-0.05, 0) is 66.6 Å². The number of nitrogens with zero attached hydrogens (tertiary/aromatic N) is 2. The molecule has 0 saturated carbocycles. The number of hydrogen-bond donors (Lipinski definition) is 1. The van der Waals surface area contributed by atoms with Gasteiger partial charge in [0.15, 0.2) is 5.13 Å². The SMILES string of the molecule is C=CCOc1cccc([C@@H]2/C(=C(\O)c3ccc4c(c3)C[C@@H](C)O4)C(=O)C(=O)N2c2nc3ccc(OC)cc3s2)c1. The van der Waals surface area contributed by atoms with Crippen molar-refractivity contribution in [3.8, 4) is 17.2 Å². The maximum absolute atomic E-state index is 13.6. The number of methoxy groups -OCH3 is 1. The molecule has 202 valence electrons. The van der Waals surface area contributed by atoms with Crippen molar-refractivity contribution in [2.45, 2.75) is 25.5 Å². The van der Waals surface area contributed by atoms with Crippen LogP contribution >= 0.6 is 11.3 Å². The fourth-order valence-corrected chi connectivity index (χ4v) is 6.14. The zero-order valence-corrected chi connectivity index (χ0v) is 22.7. The molecule has 6 rings (SSSR count). The Hall–Kier alpha value is -4.63. The van der Waals surface area contributed by atoms with Crippen LogP contribution in [0.3, 0.4) is 0 Å². The van der Waals surface area contributed by atoms with E-state index in [1.54, 1.807) is 61.7 Å². The molecule has 1 fully saturated rings. The monoisotopic (exact) mass is 554 g/mol. The quantitative estimate of drug-likeness (QED) is 0.133. The second kappa shape index (κ2) is 10.2. The Kier molecular flexibility index (Phi) is 6.51. The average molecular weight is 555 g/mol. The summed E-state index contributed by atoms with van der Waals surface area (Å²) in [5, 5.41) is 11.9. The van der Waals surface area contributed by atoms with Gasteiger partial charge in [0.25, 0.3) is 5.78 Å². The zero-order chi connectivity index (χ0) is 28.0. The molecule has 3 heterocycles. The maximum Gasteiger partial charge on any atom is 0.301 e. The number of ether oxygens (including phenoxy) is 3. The van der Waals surface area contributed by atoms with E-state index in [9.17, 15) is 14.7 Å². The van der Waals surface area contributed by atoms with Gasteiger partial charge in [-0.1, -0.05) is 36.1 Å². The van der Waals surface area contributed by atoms with Crippen molar-refractivity contribution in [1.29, 1.82) is 0 Å². The van der Waals surface area contributed by atoms with Gasteiger partial charge in [-0.3, -0.25) is 14.5 Å². The van der Waals surface area contributed by atoms with Gasteiger partial charge in [0, 0.05) is 12.0 Å². The number of thiazole rings is 1. The molecule has 2 aliphatic heterocycles. The summed E-state index contributed by atoms with van der Waals surface area (Å²) in [6.45, 7) is 5.95. The molecule has 1 saturated heterocycles. The van der Waals surface area contributed by atoms with E-state index in [0.29, 0.717) is 46.3 Å². The predicted molar refractivity (Wildman–Crippen MR) is 153 cm³/mol. The van der Waals surface area contributed by atoms with Gasteiger partial charge in [-0.25, -0.2) is 4.98 Å². The molecule has 0 unspecified atom stereocenters. The number of amides is 1. The Morgan fingerprint density at radius 2 is 2.02 bits per heavy atom. The predicted octanol–water partition coefficient (Wildman–Crippen LogP) is 5.82. The second-order valence-electron chi connectivity index (χ2n) is 9.63. The molecule has 0 bridgehead atoms. The Morgan fingerprint density at radius 3 is 2.83 bits per heavy atom. The van der Waals surface area contributed by atoms with Crippen LogP contribution in [0, 0.1) is 0 Å². The molecule has 40 heavy (non-hydrogen) atoms. The van der Waals surface area contributed by atoms with Gasteiger partial charge >= 0.3 is 5.91 Å². The first-order valence-corrected chi connectivity index (χ1v) is 13.6. The van der Waals surface area contributed by atoms with Crippen LogP contribution in [-0.2, 0) is 16.0 Å². The first-order valence-electron chi connectivity index (χ1n) is 12.8. The van der Waals surface area contributed by atoms with E-state index in [-0.39, 0.29) is 17.4 Å². The summed E-state index contributed by atoms with van der Waals surface area (Å²) in [5.74, 6) is 0.130. The molecule has 2 atom stereocenters. The number of carbonyl (C=O) groups is 2. The van der Waals surface area contributed by atoms with Crippen LogP contribution < -0.4 is 19.1 Å². The van der Waals surface area contributed by atoms with Gasteiger partial charge in [0.1, 0.15) is 35.7 Å². The average Bonchev–Trinajstić information content (AvgIpc) is 3.63. The number of hydrogen-bond acceptors (Lipinski definition) is 8. The van der Waals surface area contributed by atoms with E-state index < -0.39 is 17.7 Å². The Labute approximate surface area is 234 Å². The number of carbonyl (C=O) groups excluding carboxylic acids is 2. The van der Waals surface area contributed by atoms with Gasteiger partial charge in [0.2, 0.25) is 0 Å². The first-order chi connectivity index (χ1) is 19.4. The Bertz CT molecular complexity index is 1710. The van der Waals surface area contributed by atoms with Crippen molar-refractivity contribution in [2.75, 3.05) is 18.6 Å². The van der Waals surface area contributed by atoms with Crippen molar-refractivity contribution < 1.29 is 28.9 Å². The number of benzene rings is 3. The van der Waals surface area contributed by atoms with Crippen LogP contribution in [0.25, 0.3) is 16.0 Å². The van der Waals surface area contributed by atoms with Crippen LogP contribution in [0.4, 0.5) is 5.13 Å². The summed E-state index contributed by atoms with van der Waals surface area (Å²) >= 11 is 1.27. The van der Waals surface area contributed by atoms with Crippen molar-refractivity contribution in [3.63, 3.8) is 0 Å². The van der Waals surface area contributed by atoms with Gasteiger partial charge in [0.05, 0.1) is 28.9 Å². The van der Waals surface area contributed by atoms with Crippen molar-refractivity contribution in [2.24, 2.45) is 0 Å². The lowest BCUT2D eigenvalue weighted by molar-refractivity contribution is -0.132. The molecule has 9 heteroatoms. The molecular weight excluding hydrogens is 528 g/mol. The van der Waals surface area contributed by atoms with Crippen LogP contribution in [0.5, 0.6) is 17.2 Å². The highest BCUT2D eigenvalue weighted by molar-refractivity contribution is 7.22. The number of fused-ring (bicyclic) bond motifs is 2. The summed E-state index contributed by atoms with van der Waals surface area (Å²) in [7, 11) is 1.58. The van der Waals surface area contributed by atoms with Gasteiger partial charge in [-0.2, -0.15) is 0 Å². The summed E-state index contributed by atoms with van der Waals surface area (Å²) < 4.78 is 17.7. The van der Waals surface area contributed by atoms with Crippen molar-refractivity contribution in [3.05, 3.63) is 95.6 Å². The minimum absolute atomic E-state index is 0.0189. The van der Waals surface area contributed by atoms with E-state index in [2.05, 4.69) is 11.6 Å². The van der Waals surface area contributed by atoms with Crippen LogP contribution in [0.2, 0.25) is 0 Å². The van der Waals surface area contributed by atoms with E-state index in [1.165, 1.54) is 16.2 Å². The van der Waals surface area contributed by atoms with E-state index in [4.69, 9.17) is 14.2 Å². The number of ketones is 1. The molecule has 0 radical (unpaired) electrons. The number of anilines is 1. The van der Waals surface area contributed by atoms with Crippen molar-refractivity contribution in [1.82, 2.24) is 4.98 Å². The molecular formula is C31H26N2O6S. The number of aliphatic hydroxyl groups excluding tert-OH is 1. The molecule has 8 nitrogen and oxygen atoms in total. The second-order valence-corrected chi connectivity index (χ2v) is 10.6. The highest BCUT2D eigenvalue weighted by Gasteiger charge is 2.48. The Morgan fingerprint density at radius 1 is 1.18 bits per heavy atom. The summed E-state index contributed by atoms with van der Waals surface area (Å²) in [5.41, 5.74) is 2.61. The highest BCUT2D eigenvalue weighted by atomic mass is 32.1. The lowest BCUT2D eigenvalue weighted by Gasteiger charge is -2.23. The summed E-state index contributed by atoms with van der Waals surface area (Å²) in [6, 6.07) is 16.9. The van der Waals surface area contributed by atoms with E-state index >= 15 is 0 Å². The van der Waals surface area contributed by atoms with E-state index in [1.807, 2.05) is 19.1 Å². The third-order valence-electron chi connectivity index (χ3n) is 6.95. The molecule has 1 aromatic heterocycles. The third-order valence-corrected chi connectivity index (χ3v) is 7.96. The van der Waals surface area contributed by atoms with Gasteiger partial charge in [-0.15, -0.1) is 0 Å². The normalized spacial score (nSPS) is 19.5. The minimum Gasteiger partial charge on any atom is -0.507 e. The fourth-order valence-electron chi connectivity index (χ4n) is 5.12. The zero-order valence-electron chi connectivity index (χ0n) is 21.9. The van der Waals surface area contributed by atoms with Crippen LogP contribution in [-0.4, -0.2) is 41.6 Å². The fraction of sp³-hybridized carbons (Fsp3) is 0.194. The minimum atomic E-state index is -0.932. The van der Waals surface area contributed by atoms with Crippen LogP contribution in [0.15, 0.2) is 78.9 Å². The number of aliphatic hydroxyl groups is 1. The molecule has 0 spiro atoms. The number of rotatable bonds is 7. The molecule has 0 aliphatic carbocycles. The van der Waals surface area contributed by atoms with Crippen molar-refractivity contribution >= 4 is 44.1 Å². The molecule has 2 aliphatic rings. The largest absolute Gasteiger partial charge is 0.507 e. The lowest BCUT2D eigenvalue weighted by Crippen LogP contribution is -2.29. The standard InChI is InChI=1S/C31H26N2O6S/c1-4-12-38-22-7-5-6-18(15-22)27-26(28(34)19-8-11-24-20(14-19)13-17(2)39-24)29(35)30(36)33(27)31-32-23-10-9-21(37-3)16-25(23)40-31/h4-11,14-17,27,34H,1,12-13H2,2-3H3/b28-26+/t17-,27-/m1/s1. The number of Topliss-reactive ketones (excluding diaryl/α,β-unsaturated/α-hetero) is 1. The highest BCUT2D eigenvalue weighted by Crippen LogP contribution is 2.45.